The van der Waals surface area contributed by atoms with Crippen LogP contribution in [0.3, 0.4) is 0 Å². The Hall–Kier alpha value is -1.66. The van der Waals surface area contributed by atoms with E-state index in [1.807, 2.05) is 13.8 Å². The quantitative estimate of drug-likeness (QED) is 0.224. The minimum absolute atomic E-state index is 0.136. The molecule has 0 radical (unpaired) electrons. The predicted molar refractivity (Wildman–Crippen MR) is 83.4 cm³/mol. The van der Waals surface area contributed by atoms with Crippen LogP contribution in [0.4, 0.5) is 4.39 Å². The van der Waals surface area contributed by atoms with E-state index >= 15 is 0 Å². The number of ether oxygens (including phenoxy) is 1. The van der Waals surface area contributed by atoms with Crippen molar-refractivity contribution in [2.24, 2.45) is 10.8 Å². The van der Waals surface area contributed by atoms with Gasteiger partial charge in [-0.1, -0.05) is 12.1 Å². The Labute approximate surface area is 125 Å². The number of benzene rings is 1. The van der Waals surface area contributed by atoms with Crippen LogP contribution < -0.4 is 16.6 Å². The molecule has 1 atom stereocenters. The summed E-state index contributed by atoms with van der Waals surface area (Å²) in [5.74, 6) is 5.79. The number of rotatable bonds is 8. The first-order chi connectivity index (χ1) is 10.2. The van der Waals surface area contributed by atoms with Gasteiger partial charge in [-0.05, 0) is 44.4 Å². The molecule has 0 bridgehead atoms. The second kappa shape index (κ2) is 10.1. The third kappa shape index (κ3) is 7.63. The van der Waals surface area contributed by atoms with E-state index in [1.165, 1.54) is 12.1 Å². The molecular formula is C15H25FN4O. The maximum atomic E-state index is 12.8. The zero-order valence-electron chi connectivity index (χ0n) is 12.7. The lowest BCUT2D eigenvalue weighted by molar-refractivity contribution is 0.146. The van der Waals surface area contributed by atoms with Crippen molar-refractivity contribution in [1.29, 1.82) is 0 Å². The van der Waals surface area contributed by atoms with Gasteiger partial charge < -0.3 is 10.1 Å². The molecule has 0 aliphatic heterocycles. The minimum atomic E-state index is -0.223. The Morgan fingerprint density at radius 2 is 2.10 bits per heavy atom. The molecular weight excluding hydrogens is 271 g/mol. The van der Waals surface area contributed by atoms with Crippen molar-refractivity contribution in [2.45, 2.75) is 32.7 Å². The van der Waals surface area contributed by atoms with E-state index in [0.717, 1.165) is 25.0 Å². The van der Waals surface area contributed by atoms with E-state index in [4.69, 9.17) is 10.6 Å². The predicted octanol–water partition coefficient (Wildman–Crippen LogP) is 1.59. The monoisotopic (exact) mass is 296 g/mol. The summed E-state index contributed by atoms with van der Waals surface area (Å²) >= 11 is 0. The molecule has 0 aliphatic carbocycles. The van der Waals surface area contributed by atoms with Gasteiger partial charge in [0.05, 0.1) is 0 Å². The van der Waals surface area contributed by atoms with Crippen LogP contribution in [0.5, 0.6) is 0 Å². The number of nitrogens with zero attached hydrogens (tertiary/aromatic N) is 1. The van der Waals surface area contributed by atoms with Crippen molar-refractivity contribution in [2.75, 3.05) is 19.8 Å². The lowest BCUT2D eigenvalue weighted by atomic mass is 10.1. The summed E-state index contributed by atoms with van der Waals surface area (Å²) in [5.41, 5.74) is 3.62. The van der Waals surface area contributed by atoms with Crippen molar-refractivity contribution in [1.82, 2.24) is 10.7 Å². The number of aliphatic imine (C=N–C) groups is 1. The average molecular weight is 296 g/mol. The number of nitrogens with two attached hydrogens (primary N) is 1. The van der Waals surface area contributed by atoms with Gasteiger partial charge in [0, 0.05) is 25.8 Å². The first kappa shape index (κ1) is 17.4. The molecule has 0 heterocycles. The van der Waals surface area contributed by atoms with Gasteiger partial charge in [-0.25, -0.2) is 10.2 Å². The fourth-order valence-corrected chi connectivity index (χ4v) is 1.89. The van der Waals surface area contributed by atoms with E-state index in [9.17, 15) is 4.39 Å². The summed E-state index contributed by atoms with van der Waals surface area (Å²) in [6.45, 7) is 6.06. The zero-order valence-corrected chi connectivity index (χ0v) is 12.7. The second-order valence-electron chi connectivity index (χ2n) is 4.80. The smallest absolute Gasteiger partial charge is 0.205 e. The maximum absolute atomic E-state index is 12.8. The van der Waals surface area contributed by atoms with Gasteiger partial charge in [0.25, 0.3) is 0 Å². The molecule has 1 aromatic carbocycles. The third-order valence-corrected chi connectivity index (χ3v) is 2.90. The van der Waals surface area contributed by atoms with Gasteiger partial charge in [-0.3, -0.25) is 10.4 Å². The summed E-state index contributed by atoms with van der Waals surface area (Å²) < 4.78 is 18.1. The first-order valence-electron chi connectivity index (χ1n) is 7.25. The van der Waals surface area contributed by atoms with Gasteiger partial charge in [-0.2, -0.15) is 0 Å². The topological polar surface area (TPSA) is 71.7 Å². The number of halogens is 1. The number of hydrogen-bond donors (Lipinski definition) is 3. The van der Waals surface area contributed by atoms with Crippen LogP contribution in [-0.2, 0) is 11.2 Å². The van der Waals surface area contributed by atoms with E-state index in [0.29, 0.717) is 19.1 Å². The summed E-state index contributed by atoms with van der Waals surface area (Å²) in [6.07, 6.45) is 1.62. The lowest BCUT2D eigenvalue weighted by Crippen LogP contribution is -2.46. The van der Waals surface area contributed by atoms with Crippen molar-refractivity contribution >= 4 is 5.96 Å². The summed E-state index contributed by atoms with van der Waals surface area (Å²) in [4.78, 5) is 4.34. The molecule has 0 spiro atoms. The van der Waals surface area contributed by atoms with E-state index in [1.54, 1.807) is 12.1 Å². The summed E-state index contributed by atoms with van der Waals surface area (Å²) in [6, 6.07) is 6.62. The molecule has 0 saturated heterocycles. The highest BCUT2D eigenvalue weighted by molar-refractivity contribution is 5.79. The van der Waals surface area contributed by atoms with Gasteiger partial charge in [0.1, 0.15) is 5.82 Å². The normalized spacial score (nSPS) is 13.0. The van der Waals surface area contributed by atoms with E-state index in [2.05, 4.69) is 15.7 Å². The molecule has 5 nitrogen and oxygen atoms in total. The Morgan fingerprint density at radius 1 is 1.38 bits per heavy atom. The van der Waals surface area contributed by atoms with Gasteiger partial charge in [-0.15, -0.1) is 0 Å². The van der Waals surface area contributed by atoms with Crippen LogP contribution in [0.25, 0.3) is 0 Å². The Bertz CT molecular complexity index is 422. The molecule has 0 amide bonds. The van der Waals surface area contributed by atoms with Crippen molar-refractivity contribution in [3.63, 3.8) is 0 Å². The standard InChI is InChI=1S/C15H25FN4O/c1-3-21-10-4-9-18-15(20-17)19-12(2)11-13-5-7-14(16)8-6-13/h5-8,12H,3-4,9-11,17H2,1-2H3,(H2,18,19,20). The highest BCUT2D eigenvalue weighted by Gasteiger charge is 2.06. The van der Waals surface area contributed by atoms with Crippen LogP contribution in [-0.4, -0.2) is 31.8 Å². The van der Waals surface area contributed by atoms with E-state index in [-0.39, 0.29) is 11.9 Å². The Balaban J connectivity index is 2.37. The van der Waals surface area contributed by atoms with Gasteiger partial charge in [0.15, 0.2) is 0 Å². The number of guanidine groups is 1. The highest BCUT2D eigenvalue weighted by Crippen LogP contribution is 2.05. The van der Waals surface area contributed by atoms with E-state index < -0.39 is 0 Å². The van der Waals surface area contributed by atoms with Crippen LogP contribution in [0, 0.1) is 5.82 Å². The highest BCUT2D eigenvalue weighted by atomic mass is 19.1. The number of hydrogen-bond acceptors (Lipinski definition) is 3. The molecule has 6 heteroatoms. The van der Waals surface area contributed by atoms with Crippen molar-refractivity contribution in [3.8, 4) is 0 Å². The minimum Gasteiger partial charge on any atom is -0.382 e. The average Bonchev–Trinajstić information content (AvgIpc) is 2.48. The zero-order chi connectivity index (χ0) is 15.5. The fourth-order valence-electron chi connectivity index (χ4n) is 1.89. The maximum Gasteiger partial charge on any atom is 0.205 e. The Morgan fingerprint density at radius 3 is 2.71 bits per heavy atom. The van der Waals surface area contributed by atoms with Crippen LogP contribution in [0.1, 0.15) is 25.8 Å². The van der Waals surface area contributed by atoms with Crippen LogP contribution >= 0.6 is 0 Å². The molecule has 1 unspecified atom stereocenters. The SMILES string of the molecule is CCOCCCN=C(NN)NC(C)Cc1ccc(F)cc1. The molecule has 0 saturated carbocycles. The van der Waals surface area contributed by atoms with Gasteiger partial charge >= 0.3 is 0 Å². The fraction of sp³-hybridized carbons (Fsp3) is 0.533. The molecule has 1 rings (SSSR count). The van der Waals surface area contributed by atoms with Crippen LogP contribution in [0.15, 0.2) is 29.3 Å². The van der Waals surface area contributed by atoms with Crippen LogP contribution in [0.2, 0.25) is 0 Å². The lowest BCUT2D eigenvalue weighted by Gasteiger charge is -2.16. The molecule has 0 fully saturated rings. The van der Waals surface area contributed by atoms with Crippen molar-refractivity contribution < 1.29 is 9.13 Å². The molecule has 21 heavy (non-hydrogen) atoms. The third-order valence-electron chi connectivity index (χ3n) is 2.90. The molecule has 0 aliphatic rings. The Kier molecular flexibility index (Phi) is 8.38. The number of hydrazine groups is 1. The summed E-state index contributed by atoms with van der Waals surface area (Å²) in [5, 5.41) is 3.20. The molecule has 4 N–H and O–H groups in total. The first-order valence-corrected chi connectivity index (χ1v) is 7.25. The molecule has 118 valence electrons. The molecule has 0 aromatic heterocycles. The summed E-state index contributed by atoms with van der Waals surface area (Å²) in [7, 11) is 0. The van der Waals surface area contributed by atoms with Gasteiger partial charge in [0.2, 0.25) is 5.96 Å². The number of nitrogens with one attached hydrogen (secondary N) is 2. The molecule has 1 aromatic rings. The largest absolute Gasteiger partial charge is 0.382 e. The van der Waals surface area contributed by atoms with Crippen molar-refractivity contribution in [3.05, 3.63) is 35.6 Å². The second-order valence-corrected chi connectivity index (χ2v) is 4.80.